The van der Waals surface area contributed by atoms with E-state index in [4.69, 9.17) is 0 Å². The molecular weight excluding hydrogens is 442 g/mol. The van der Waals surface area contributed by atoms with Crippen LogP contribution in [0.3, 0.4) is 0 Å². The molecule has 7 heteroatoms. The van der Waals surface area contributed by atoms with Gasteiger partial charge < -0.3 is 4.74 Å². The molecule has 0 heterocycles. The van der Waals surface area contributed by atoms with Crippen molar-refractivity contribution in [1.29, 1.82) is 0 Å². The third-order valence-electron chi connectivity index (χ3n) is 7.11. The minimum absolute atomic E-state index is 0.0735. The third kappa shape index (κ3) is 5.39. The lowest BCUT2D eigenvalue weighted by Crippen LogP contribution is -2.30. The van der Waals surface area contributed by atoms with Gasteiger partial charge in [-0.1, -0.05) is 24.3 Å². The van der Waals surface area contributed by atoms with Gasteiger partial charge in [-0.15, -0.1) is 13.2 Å². The van der Waals surface area contributed by atoms with E-state index in [0.717, 1.165) is 24.8 Å². The second-order valence-electron chi connectivity index (χ2n) is 9.19. The summed E-state index contributed by atoms with van der Waals surface area (Å²) in [7, 11) is 0. The van der Waals surface area contributed by atoms with Gasteiger partial charge in [-0.2, -0.15) is 0 Å². The number of allylic oxidation sites excluding steroid dienone is 2. The molecule has 2 fully saturated rings. The lowest BCUT2D eigenvalue weighted by Gasteiger charge is -2.41. The zero-order chi connectivity index (χ0) is 23.8. The van der Waals surface area contributed by atoms with E-state index in [1.165, 1.54) is 31.4 Å². The van der Waals surface area contributed by atoms with Crippen LogP contribution in [-0.4, -0.2) is 6.36 Å². The summed E-state index contributed by atoms with van der Waals surface area (Å²) in [5.74, 6) is -3.10. The molecule has 4 atom stereocenters. The van der Waals surface area contributed by atoms with Gasteiger partial charge in [0.25, 0.3) is 0 Å². The van der Waals surface area contributed by atoms with Crippen LogP contribution in [0.2, 0.25) is 0 Å². The molecule has 0 bridgehead atoms. The topological polar surface area (TPSA) is 9.23 Å². The molecule has 2 saturated carbocycles. The Labute approximate surface area is 189 Å². The zero-order valence-electron chi connectivity index (χ0n) is 18.3. The summed E-state index contributed by atoms with van der Waals surface area (Å²) in [5.41, 5.74) is 0.591. The average Bonchev–Trinajstić information content (AvgIpc) is 2.75. The fourth-order valence-electron chi connectivity index (χ4n) is 5.62. The first-order valence-electron chi connectivity index (χ1n) is 11.3. The van der Waals surface area contributed by atoms with Gasteiger partial charge >= 0.3 is 6.36 Å². The lowest BCUT2D eigenvalue weighted by atomic mass is 9.64. The van der Waals surface area contributed by atoms with Gasteiger partial charge in [-0.25, -0.2) is 13.2 Å². The molecule has 2 aliphatic carbocycles. The average molecular weight is 468 g/mol. The minimum atomic E-state index is -5.24. The highest BCUT2D eigenvalue weighted by atomic mass is 19.4. The number of hydrogen-bond acceptors (Lipinski definition) is 1. The van der Waals surface area contributed by atoms with E-state index in [1.807, 2.05) is 0 Å². The number of alkyl halides is 3. The molecule has 4 unspecified atom stereocenters. The van der Waals surface area contributed by atoms with Gasteiger partial charge in [-0.05, 0) is 98.4 Å². The highest BCUT2D eigenvalue weighted by Crippen LogP contribution is 2.48. The summed E-state index contributed by atoms with van der Waals surface area (Å²) in [4.78, 5) is 0. The van der Waals surface area contributed by atoms with Gasteiger partial charge in [0.05, 0.1) is 0 Å². The Morgan fingerprint density at radius 1 is 0.848 bits per heavy atom. The predicted octanol–water partition coefficient (Wildman–Crippen LogP) is 8.55. The van der Waals surface area contributed by atoms with Crippen molar-refractivity contribution in [3.63, 3.8) is 0 Å². The van der Waals surface area contributed by atoms with Crippen LogP contribution in [0.25, 0.3) is 11.1 Å². The Hall–Kier alpha value is -2.44. The van der Waals surface area contributed by atoms with E-state index in [0.29, 0.717) is 29.9 Å². The molecule has 0 N–H and O–H groups in total. The predicted molar refractivity (Wildman–Crippen MR) is 114 cm³/mol. The van der Waals surface area contributed by atoms with Crippen molar-refractivity contribution in [2.45, 2.75) is 57.7 Å². The van der Waals surface area contributed by atoms with E-state index in [2.05, 4.69) is 23.8 Å². The maximum atomic E-state index is 14.9. The van der Waals surface area contributed by atoms with E-state index in [9.17, 15) is 26.3 Å². The van der Waals surface area contributed by atoms with Gasteiger partial charge in [0.1, 0.15) is 5.82 Å². The second-order valence-corrected chi connectivity index (χ2v) is 9.19. The van der Waals surface area contributed by atoms with E-state index in [-0.39, 0.29) is 17.0 Å². The molecule has 2 aromatic rings. The molecule has 2 aliphatic rings. The summed E-state index contributed by atoms with van der Waals surface area (Å²) >= 11 is 0. The first-order chi connectivity index (χ1) is 15.6. The number of ether oxygens (including phenoxy) is 1. The summed E-state index contributed by atoms with van der Waals surface area (Å²) in [6, 6.07) is 5.89. The van der Waals surface area contributed by atoms with Gasteiger partial charge in [-0.3, -0.25) is 0 Å². The smallest absolute Gasteiger partial charge is 0.399 e. The quantitative estimate of drug-likeness (QED) is 0.323. The maximum absolute atomic E-state index is 14.9. The van der Waals surface area contributed by atoms with Crippen molar-refractivity contribution in [3.05, 3.63) is 65.5 Å². The van der Waals surface area contributed by atoms with Crippen LogP contribution in [0.4, 0.5) is 26.3 Å². The van der Waals surface area contributed by atoms with Crippen molar-refractivity contribution >= 4 is 0 Å². The molecule has 0 saturated heterocycles. The molecule has 4 rings (SSSR count). The second kappa shape index (κ2) is 9.43. The van der Waals surface area contributed by atoms with Crippen molar-refractivity contribution in [3.8, 4) is 16.9 Å². The van der Waals surface area contributed by atoms with Crippen molar-refractivity contribution in [1.82, 2.24) is 0 Å². The van der Waals surface area contributed by atoms with Gasteiger partial charge in [0.15, 0.2) is 11.6 Å². The Morgan fingerprint density at radius 2 is 1.52 bits per heavy atom. The van der Waals surface area contributed by atoms with Crippen LogP contribution >= 0.6 is 0 Å². The molecule has 0 radical (unpaired) electrons. The lowest BCUT2D eigenvalue weighted by molar-refractivity contribution is -0.276. The first-order valence-corrected chi connectivity index (χ1v) is 11.3. The SMILES string of the molecule is C/C=C/C1CCC2CC(c3ccc(-c4cc(F)c(OC(F)(F)F)c(F)c4)c(F)c3)CCC2C1. The number of hydrogen-bond donors (Lipinski definition) is 0. The monoisotopic (exact) mass is 468 g/mol. The Kier molecular flexibility index (Phi) is 6.78. The minimum Gasteiger partial charge on any atom is -0.399 e. The zero-order valence-corrected chi connectivity index (χ0v) is 18.3. The number of rotatable bonds is 4. The van der Waals surface area contributed by atoms with Gasteiger partial charge in [0, 0.05) is 5.56 Å². The highest BCUT2D eigenvalue weighted by Gasteiger charge is 2.36. The first kappa shape index (κ1) is 23.7. The standard InChI is InChI=1S/C26H26F6O/c1-2-3-15-4-5-17-11-18(7-6-16(17)10-15)19-8-9-21(22(27)12-19)20-13-23(28)25(24(29)14-20)33-26(30,31)32/h2-3,8-9,12-18H,4-7,10-11H2,1H3/b3-2+. The molecule has 0 spiro atoms. The van der Waals surface area contributed by atoms with Gasteiger partial charge in [0.2, 0.25) is 5.75 Å². The molecule has 0 aliphatic heterocycles. The Balaban J connectivity index is 1.50. The van der Waals surface area contributed by atoms with Crippen LogP contribution in [-0.2, 0) is 0 Å². The Morgan fingerprint density at radius 3 is 2.15 bits per heavy atom. The van der Waals surface area contributed by atoms with Crippen molar-refractivity contribution < 1.29 is 31.1 Å². The molecule has 2 aromatic carbocycles. The molecule has 1 nitrogen and oxygen atoms in total. The number of fused-ring (bicyclic) bond motifs is 1. The van der Waals surface area contributed by atoms with E-state index in [1.54, 1.807) is 6.07 Å². The number of halogens is 6. The normalized spacial score (nSPS) is 25.8. The van der Waals surface area contributed by atoms with E-state index < -0.39 is 29.6 Å². The molecule has 0 aromatic heterocycles. The van der Waals surface area contributed by atoms with E-state index >= 15 is 0 Å². The molecule has 33 heavy (non-hydrogen) atoms. The van der Waals surface area contributed by atoms with Crippen LogP contribution in [0.5, 0.6) is 5.75 Å². The molecule has 178 valence electrons. The fraction of sp³-hybridized carbons (Fsp3) is 0.462. The third-order valence-corrected chi connectivity index (χ3v) is 7.11. The molecule has 0 amide bonds. The van der Waals surface area contributed by atoms with Crippen LogP contribution in [0, 0.1) is 35.2 Å². The summed E-state index contributed by atoms with van der Waals surface area (Å²) in [5, 5.41) is 0. The van der Waals surface area contributed by atoms with Crippen molar-refractivity contribution in [2.75, 3.05) is 0 Å². The maximum Gasteiger partial charge on any atom is 0.573 e. The molecular formula is C26H26F6O. The van der Waals surface area contributed by atoms with Crippen LogP contribution in [0.15, 0.2) is 42.5 Å². The van der Waals surface area contributed by atoms with Crippen molar-refractivity contribution in [2.24, 2.45) is 17.8 Å². The summed E-state index contributed by atoms with van der Waals surface area (Å²) in [6.45, 7) is 2.05. The number of benzene rings is 2. The fourth-order valence-corrected chi connectivity index (χ4v) is 5.62. The largest absolute Gasteiger partial charge is 0.573 e. The summed E-state index contributed by atoms with van der Waals surface area (Å²) < 4.78 is 83.5. The van der Waals surface area contributed by atoms with Crippen LogP contribution < -0.4 is 4.74 Å². The Bertz CT molecular complexity index is 1000. The highest BCUT2D eigenvalue weighted by molar-refractivity contribution is 5.66. The van der Waals surface area contributed by atoms with Crippen LogP contribution in [0.1, 0.15) is 56.9 Å². The summed E-state index contributed by atoms with van der Waals surface area (Å²) in [6.07, 6.45) is 5.80.